The van der Waals surface area contributed by atoms with Crippen LogP contribution in [0, 0.1) is 17.5 Å². The first-order chi connectivity index (χ1) is 15.1. The van der Waals surface area contributed by atoms with Gasteiger partial charge < -0.3 is 10.6 Å². The normalized spacial score (nSPS) is 11.5. The second-order valence-electron chi connectivity index (χ2n) is 6.82. The van der Waals surface area contributed by atoms with Crippen molar-refractivity contribution in [3.63, 3.8) is 0 Å². The number of nitrogens with zero attached hydrogens (tertiary/aromatic N) is 1. The minimum absolute atomic E-state index is 0.00180. The first-order valence-electron chi connectivity index (χ1n) is 9.25. The van der Waals surface area contributed by atoms with Gasteiger partial charge >= 0.3 is 0 Å². The summed E-state index contributed by atoms with van der Waals surface area (Å²) in [6, 6.07) is 13.2. The molecule has 7 nitrogen and oxygen atoms in total. The summed E-state index contributed by atoms with van der Waals surface area (Å²) >= 11 is 0. The predicted molar refractivity (Wildman–Crippen MR) is 112 cm³/mol. The molecule has 3 aromatic rings. The van der Waals surface area contributed by atoms with Gasteiger partial charge in [-0.3, -0.25) is 9.59 Å². The Morgan fingerprint density at radius 3 is 2.31 bits per heavy atom. The molecule has 0 bridgehead atoms. The first kappa shape index (κ1) is 23.2. The topological polar surface area (TPSA) is 95.6 Å². The van der Waals surface area contributed by atoms with Crippen LogP contribution in [0.25, 0.3) is 10.8 Å². The van der Waals surface area contributed by atoms with E-state index in [1.54, 1.807) is 18.2 Å². The van der Waals surface area contributed by atoms with Gasteiger partial charge in [-0.25, -0.2) is 21.6 Å². The van der Waals surface area contributed by atoms with Crippen LogP contribution in [0.1, 0.15) is 0 Å². The number of likely N-dealkylation sites (N-methyl/N-ethyl adjacent to an activating group) is 1. The molecule has 0 aromatic heterocycles. The van der Waals surface area contributed by atoms with Gasteiger partial charge in [-0.05, 0) is 35.0 Å². The van der Waals surface area contributed by atoms with Crippen molar-refractivity contribution >= 4 is 38.3 Å². The molecule has 0 heterocycles. The van der Waals surface area contributed by atoms with Crippen LogP contribution in [0.15, 0.2) is 59.5 Å². The highest BCUT2D eigenvalue weighted by Crippen LogP contribution is 2.21. The number of carbonyl (C=O) groups excluding carboxylic acids is 2. The molecule has 32 heavy (non-hydrogen) atoms. The van der Waals surface area contributed by atoms with Gasteiger partial charge in [-0.15, -0.1) is 0 Å². The second-order valence-corrected chi connectivity index (χ2v) is 8.86. The average Bonchev–Trinajstić information content (AvgIpc) is 2.77. The maximum Gasteiger partial charge on any atom is 0.243 e. The van der Waals surface area contributed by atoms with Crippen LogP contribution in [0.4, 0.5) is 18.9 Å². The highest BCUT2D eigenvalue weighted by Gasteiger charge is 2.23. The highest BCUT2D eigenvalue weighted by molar-refractivity contribution is 7.89. The number of sulfonamides is 1. The molecule has 0 spiro atoms. The van der Waals surface area contributed by atoms with Crippen molar-refractivity contribution in [3.8, 4) is 0 Å². The fourth-order valence-corrected chi connectivity index (χ4v) is 4.01. The highest BCUT2D eigenvalue weighted by atomic mass is 32.2. The van der Waals surface area contributed by atoms with Crippen LogP contribution >= 0.6 is 0 Å². The number of anilines is 1. The number of carbonyl (C=O) groups is 2. The molecule has 0 radical (unpaired) electrons. The fourth-order valence-electron chi connectivity index (χ4n) is 2.85. The standard InChI is InChI=1S/C21H18F3N3O4S/c1-27(32(30,31)15-7-6-13-4-2-3-5-14(13)10-15)12-19(29)25-11-18(28)26-17-9-8-16(22)20(23)21(17)24/h2-10H,11-12H2,1H3,(H,25,29)(H,26,28). The maximum absolute atomic E-state index is 13.6. The molecule has 0 aliphatic heterocycles. The van der Waals surface area contributed by atoms with Gasteiger partial charge in [0.25, 0.3) is 0 Å². The van der Waals surface area contributed by atoms with E-state index in [0.717, 1.165) is 15.8 Å². The number of nitrogens with one attached hydrogen (secondary N) is 2. The van der Waals surface area contributed by atoms with Crippen molar-refractivity contribution in [2.75, 3.05) is 25.5 Å². The van der Waals surface area contributed by atoms with Crippen LogP contribution in [0.2, 0.25) is 0 Å². The number of amides is 2. The number of benzene rings is 3. The summed E-state index contributed by atoms with van der Waals surface area (Å²) in [6.45, 7) is -1.22. The van der Waals surface area contributed by atoms with Crippen molar-refractivity contribution in [1.29, 1.82) is 0 Å². The lowest BCUT2D eigenvalue weighted by Crippen LogP contribution is -2.41. The Hall–Kier alpha value is -3.44. The van der Waals surface area contributed by atoms with E-state index in [9.17, 15) is 31.2 Å². The Bertz CT molecular complexity index is 1300. The van der Waals surface area contributed by atoms with E-state index in [4.69, 9.17) is 0 Å². The van der Waals surface area contributed by atoms with E-state index < -0.39 is 58.1 Å². The molecule has 0 saturated carbocycles. The van der Waals surface area contributed by atoms with E-state index in [0.29, 0.717) is 11.5 Å². The van der Waals surface area contributed by atoms with E-state index >= 15 is 0 Å². The fraction of sp³-hybridized carbons (Fsp3) is 0.143. The van der Waals surface area contributed by atoms with Gasteiger partial charge in [0.1, 0.15) is 0 Å². The van der Waals surface area contributed by atoms with E-state index in [1.807, 2.05) is 17.4 Å². The third-order valence-electron chi connectivity index (χ3n) is 4.55. The monoisotopic (exact) mass is 465 g/mol. The number of halogens is 3. The smallest absolute Gasteiger partial charge is 0.243 e. The minimum Gasteiger partial charge on any atom is -0.346 e. The van der Waals surface area contributed by atoms with E-state index in [-0.39, 0.29) is 4.90 Å². The maximum atomic E-state index is 13.6. The summed E-state index contributed by atoms with van der Waals surface area (Å²) in [4.78, 5) is 23.9. The molecule has 2 N–H and O–H groups in total. The van der Waals surface area contributed by atoms with Crippen LogP contribution in [-0.2, 0) is 19.6 Å². The van der Waals surface area contributed by atoms with Crippen LogP contribution in [0.3, 0.4) is 0 Å². The van der Waals surface area contributed by atoms with Crippen LogP contribution in [-0.4, -0.2) is 44.7 Å². The quantitative estimate of drug-likeness (QED) is 0.525. The molecule has 0 aliphatic rings. The third-order valence-corrected chi connectivity index (χ3v) is 6.35. The zero-order valence-corrected chi connectivity index (χ0v) is 17.5. The molecule has 0 aliphatic carbocycles. The average molecular weight is 465 g/mol. The van der Waals surface area contributed by atoms with Crippen molar-refractivity contribution in [1.82, 2.24) is 9.62 Å². The molecule has 11 heteroatoms. The molecule has 0 unspecified atom stereocenters. The summed E-state index contributed by atoms with van der Waals surface area (Å²) in [5, 5.41) is 5.75. The van der Waals surface area contributed by atoms with Crippen LogP contribution < -0.4 is 10.6 Å². The lowest BCUT2D eigenvalue weighted by Gasteiger charge is -2.17. The van der Waals surface area contributed by atoms with Gasteiger partial charge in [0, 0.05) is 7.05 Å². The molecule has 0 saturated heterocycles. The van der Waals surface area contributed by atoms with Crippen molar-refractivity contribution in [3.05, 3.63) is 72.0 Å². The van der Waals surface area contributed by atoms with Crippen molar-refractivity contribution in [2.24, 2.45) is 0 Å². The third kappa shape index (κ3) is 5.06. The van der Waals surface area contributed by atoms with Crippen molar-refractivity contribution < 1.29 is 31.2 Å². The zero-order valence-electron chi connectivity index (χ0n) is 16.7. The molecule has 168 valence electrons. The Kier molecular flexibility index (Phi) is 6.80. The van der Waals surface area contributed by atoms with E-state index in [1.165, 1.54) is 19.2 Å². The number of fused-ring (bicyclic) bond motifs is 1. The molecule has 0 atom stereocenters. The van der Waals surface area contributed by atoms with Gasteiger partial charge in [0.05, 0.1) is 23.7 Å². The minimum atomic E-state index is -3.98. The van der Waals surface area contributed by atoms with Crippen molar-refractivity contribution in [2.45, 2.75) is 4.90 Å². The predicted octanol–water partition coefficient (Wildman–Crippen LogP) is 2.63. The van der Waals surface area contributed by atoms with Gasteiger partial charge in [0.2, 0.25) is 21.8 Å². The zero-order chi connectivity index (χ0) is 23.5. The lowest BCUT2D eigenvalue weighted by atomic mass is 10.1. The molecule has 3 rings (SSSR count). The molecule has 0 fully saturated rings. The molecular formula is C21H18F3N3O4S. The number of hydrogen-bond acceptors (Lipinski definition) is 4. The number of rotatable bonds is 7. The Morgan fingerprint density at radius 2 is 1.59 bits per heavy atom. The Balaban J connectivity index is 1.59. The Labute approximate surface area is 181 Å². The number of hydrogen-bond donors (Lipinski definition) is 2. The Morgan fingerprint density at radius 1 is 0.906 bits per heavy atom. The largest absolute Gasteiger partial charge is 0.346 e. The van der Waals surface area contributed by atoms with Crippen LogP contribution in [0.5, 0.6) is 0 Å². The molecule has 2 amide bonds. The molecular weight excluding hydrogens is 447 g/mol. The summed E-state index contributed by atoms with van der Waals surface area (Å²) in [6.07, 6.45) is 0. The van der Waals surface area contributed by atoms with Gasteiger partial charge in [-0.1, -0.05) is 30.3 Å². The summed E-state index contributed by atoms with van der Waals surface area (Å²) in [7, 11) is -2.77. The summed E-state index contributed by atoms with van der Waals surface area (Å²) in [5.41, 5.74) is -0.598. The first-order valence-corrected chi connectivity index (χ1v) is 10.7. The van der Waals surface area contributed by atoms with E-state index in [2.05, 4.69) is 5.32 Å². The summed E-state index contributed by atoms with van der Waals surface area (Å²) < 4.78 is 66.0. The lowest BCUT2D eigenvalue weighted by molar-refractivity contribution is -0.124. The summed E-state index contributed by atoms with van der Waals surface area (Å²) in [5.74, 6) is -6.44. The van der Waals surface area contributed by atoms with Gasteiger partial charge in [0.15, 0.2) is 17.5 Å². The second kappa shape index (κ2) is 9.37. The SMILES string of the molecule is CN(CC(=O)NCC(=O)Nc1ccc(F)c(F)c1F)S(=O)(=O)c1ccc2ccccc2c1. The molecule has 3 aromatic carbocycles. The van der Waals surface area contributed by atoms with Gasteiger partial charge in [-0.2, -0.15) is 4.31 Å².